The summed E-state index contributed by atoms with van der Waals surface area (Å²) in [6, 6.07) is 10.7. The molecule has 0 unspecified atom stereocenters. The molecule has 15 heavy (non-hydrogen) atoms. The lowest BCUT2D eigenvalue weighted by Crippen LogP contribution is -2.19. The number of benzene rings is 1. The van der Waals surface area contributed by atoms with E-state index in [9.17, 15) is 5.11 Å². The third-order valence-corrected chi connectivity index (χ3v) is 3.44. The fraction of sp³-hybridized carbons (Fsp3) is 0.571. The van der Waals surface area contributed by atoms with E-state index in [1.807, 2.05) is 0 Å². The normalized spacial score (nSPS) is 26.5. The second-order valence-electron chi connectivity index (χ2n) is 4.71. The van der Waals surface area contributed by atoms with Crippen molar-refractivity contribution in [2.24, 2.45) is 5.92 Å². The average Bonchev–Trinajstić information content (AvgIpc) is 2.28. The molecule has 1 heteroatoms. The maximum absolute atomic E-state index is 9.58. The van der Waals surface area contributed by atoms with E-state index in [2.05, 4.69) is 30.3 Å². The summed E-state index contributed by atoms with van der Waals surface area (Å²) in [7, 11) is 0. The van der Waals surface area contributed by atoms with Gasteiger partial charge >= 0.3 is 0 Å². The van der Waals surface area contributed by atoms with Crippen LogP contribution in [0.4, 0.5) is 0 Å². The Labute approximate surface area is 92.1 Å². The van der Waals surface area contributed by atoms with E-state index in [0.29, 0.717) is 0 Å². The molecule has 0 bridgehead atoms. The Hall–Kier alpha value is -0.820. The third-order valence-electron chi connectivity index (χ3n) is 3.44. The molecule has 0 radical (unpaired) electrons. The summed E-state index contributed by atoms with van der Waals surface area (Å²) < 4.78 is 0. The average molecular weight is 204 g/mol. The lowest BCUT2D eigenvalue weighted by molar-refractivity contribution is 0.0984. The largest absolute Gasteiger partial charge is 0.393 e. The Morgan fingerprint density at radius 3 is 2.67 bits per heavy atom. The maximum atomic E-state index is 9.58. The van der Waals surface area contributed by atoms with Crippen molar-refractivity contribution in [3.8, 4) is 0 Å². The SMILES string of the molecule is O[C@@H]1CCC[C@H](CCc2ccccc2)C1. The van der Waals surface area contributed by atoms with Crippen molar-refractivity contribution in [3.63, 3.8) is 0 Å². The lowest BCUT2D eigenvalue weighted by atomic mass is 9.84. The molecular formula is C14H20O. The van der Waals surface area contributed by atoms with Crippen LogP contribution in [0.1, 0.15) is 37.7 Å². The smallest absolute Gasteiger partial charge is 0.0542 e. The van der Waals surface area contributed by atoms with Crippen LogP contribution in [0.5, 0.6) is 0 Å². The van der Waals surface area contributed by atoms with Gasteiger partial charge in [-0.1, -0.05) is 43.2 Å². The van der Waals surface area contributed by atoms with Gasteiger partial charge in [0.25, 0.3) is 0 Å². The van der Waals surface area contributed by atoms with Crippen LogP contribution in [0.3, 0.4) is 0 Å². The van der Waals surface area contributed by atoms with Gasteiger partial charge in [-0.25, -0.2) is 0 Å². The summed E-state index contributed by atoms with van der Waals surface area (Å²) in [5, 5.41) is 9.58. The van der Waals surface area contributed by atoms with Crippen LogP contribution >= 0.6 is 0 Å². The Kier molecular flexibility index (Phi) is 3.79. The molecular weight excluding hydrogens is 184 g/mol. The predicted octanol–water partition coefficient (Wildman–Crippen LogP) is 3.17. The summed E-state index contributed by atoms with van der Waals surface area (Å²) in [6.07, 6.45) is 6.93. The van der Waals surface area contributed by atoms with Gasteiger partial charge in [-0.15, -0.1) is 0 Å². The van der Waals surface area contributed by atoms with Crippen molar-refractivity contribution in [1.82, 2.24) is 0 Å². The van der Waals surface area contributed by atoms with Crippen LogP contribution in [0.25, 0.3) is 0 Å². The van der Waals surface area contributed by atoms with Crippen molar-refractivity contribution in [2.75, 3.05) is 0 Å². The van der Waals surface area contributed by atoms with Gasteiger partial charge in [0.1, 0.15) is 0 Å². The first-order chi connectivity index (χ1) is 7.34. The van der Waals surface area contributed by atoms with E-state index >= 15 is 0 Å². The minimum atomic E-state index is -0.0282. The summed E-state index contributed by atoms with van der Waals surface area (Å²) in [5.74, 6) is 0.744. The van der Waals surface area contributed by atoms with E-state index in [1.54, 1.807) is 0 Å². The van der Waals surface area contributed by atoms with Crippen molar-refractivity contribution < 1.29 is 5.11 Å². The zero-order chi connectivity index (χ0) is 10.5. The van der Waals surface area contributed by atoms with Gasteiger partial charge in [-0.2, -0.15) is 0 Å². The number of aryl methyl sites for hydroxylation is 1. The van der Waals surface area contributed by atoms with Crippen LogP contribution in [-0.4, -0.2) is 11.2 Å². The van der Waals surface area contributed by atoms with E-state index in [4.69, 9.17) is 0 Å². The fourth-order valence-corrected chi connectivity index (χ4v) is 2.54. The van der Waals surface area contributed by atoms with Gasteiger partial charge in [-0.3, -0.25) is 0 Å². The van der Waals surface area contributed by atoms with Gasteiger partial charge in [-0.05, 0) is 37.2 Å². The molecule has 1 N–H and O–H groups in total. The second-order valence-corrected chi connectivity index (χ2v) is 4.71. The maximum Gasteiger partial charge on any atom is 0.0542 e. The molecule has 1 aliphatic rings. The molecule has 1 aromatic carbocycles. The molecule has 1 aromatic rings. The molecule has 0 saturated heterocycles. The highest BCUT2D eigenvalue weighted by Crippen LogP contribution is 2.27. The Morgan fingerprint density at radius 2 is 1.93 bits per heavy atom. The van der Waals surface area contributed by atoms with E-state index in [-0.39, 0.29) is 6.10 Å². The minimum Gasteiger partial charge on any atom is -0.393 e. The van der Waals surface area contributed by atoms with Gasteiger partial charge < -0.3 is 5.11 Å². The Bertz CT molecular complexity index is 281. The van der Waals surface area contributed by atoms with Crippen LogP contribution in [0.15, 0.2) is 30.3 Å². The molecule has 1 saturated carbocycles. The van der Waals surface area contributed by atoms with Crippen molar-refractivity contribution >= 4 is 0 Å². The summed E-state index contributed by atoms with van der Waals surface area (Å²) in [6.45, 7) is 0. The highest BCUT2D eigenvalue weighted by molar-refractivity contribution is 5.14. The molecule has 0 aromatic heterocycles. The highest BCUT2D eigenvalue weighted by atomic mass is 16.3. The fourth-order valence-electron chi connectivity index (χ4n) is 2.54. The summed E-state index contributed by atoms with van der Waals surface area (Å²) >= 11 is 0. The Morgan fingerprint density at radius 1 is 1.13 bits per heavy atom. The number of aliphatic hydroxyl groups is 1. The molecule has 1 fully saturated rings. The van der Waals surface area contributed by atoms with E-state index < -0.39 is 0 Å². The van der Waals surface area contributed by atoms with E-state index in [1.165, 1.54) is 24.8 Å². The van der Waals surface area contributed by atoms with Crippen LogP contribution in [-0.2, 0) is 6.42 Å². The third kappa shape index (κ3) is 3.35. The molecule has 82 valence electrons. The molecule has 0 amide bonds. The van der Waals surface area contributed by atoms with Gasteiger partial charge in [0.2, 0.25) is 0 Å². The molecule has 1 aliphatic carbocycles. The van der Waals surface area contributed by atoms with Crippen LogP contribution in [0, 0.1) is 5.92 Å². The summed E-state index contributed by atoms with van der Waals surface area (Å²) in [5.41, 5.74) is 1.43. The number of hydrogen-bond acceptors (Lipinski definition) is 1. The van der Waals surface area contributed by atoms with E-state index in [0.717, 1.165) is 25.2 Å². The topological polar surface area (TPSA) is 20.2 Å². The number of hydrogen-bond donors (Lipinski definition) is 1. The molecule has 0 aliphatic heterocycles. The number of rotatable bonds is 3. The minimum absolute atomic E-state index is 0.0282. The predicted molar refractivity (Wildman–Crippen MR) is 62.7 cm³/mol. The zero-order valence-corrected chi connectivity index (χ0v) is 9.23. The quantitative estimate of drug-likeness (QED) is 0.801. The molecule has 2 atom stereocenters. The van der Waals surface area contributed by atoms with Crippen molar-refractivity contribution in [3.05, 3.63) is 35.9 Å². The first kappa shape index (κ1) is 10.7. The van der Waals surface area contributed by atoms with Crippen LogP contribution < -0.4 is 0 Å². The van der Waals surface area contributed by atoms with Crippen LogP contribution in [0.2, 0.25) is 0 Å². The number of aliphatic hydroxyl groups excluding tert-OH is 1. The zero-order valence-electron chi connectivity index (χ0n) is 9.23. The van der Waals surface area contributed by atoms with Gasteiger partial charge in [0.05, 0.1) is 6.10 Å². The first-order valence-electron chi connectivity index (χ1n) is 6.06. The van der Waals surface area contributed by atoms with Crippen molar-refractivity contribution in [2.45, 2.75) is 44.6 Å². The standard InChI is InChI=1S/C14H20O/c15-14-8-4-7-13(11-14)10-9-12-5-2-1-3-6-12/h1-3,5-6,13-15H,4,7-11H2/t13-,14-/m1/s1. The molecule has 0 heterocycles. The van der Waals surface area contributed by atoms with Crippen molar-refractivity contribution in [1.29, 1.82) is 0 Å². The Balaban J connectivity index is 1.78. The second kappa shape index (κ2) is 5.32. The highest BCUT2D eigenvalue weighted by Gasteiger charge is 2.19. The molecule has 0 spiro atoms. The monoisotopic (exact) mass is 204 g/mol. The molecule has 1 nitrogen and oxygen atoms in total. The molecule has 2 rings (SSSR count). The van der Waals surface area contributed by atoms with Gasteiger partial charge in [0, 0.05) is 0 Å². The summed E-state index contributed by atoms with van der Waals surface area (Å²) in [4.78, 5) is 0. The first-order valence-corrected chi connectivity index (χ1v) is 6.06. The lowest BCUT2D eigenvalue weighted by Gasteiger charge is -2.25. The van der Waals surface area contributed by atoms with Gasteiger partial charge in [0.15, 0.2) is 0 Å².